The van der Waals surface area contributed by atoms with Crippen LogP contribution in [0.3, 0.4) is 0 Å². The Morgan fingerprint density at radius 1 is 1.23 bits per heavy atom. The summed E-state index contributed by atoms with van der Waals surface area (Å²) in [4.78, 5) is 20.7. The summed E-state index contributed by atoms with van der Waals surface area (Å²) in [5.41, 5.74) is 2.68. The maximum Gasteiger partial charge on any atom is 0.223 e. The van der Waals surface area contributed by atoms with E-state index in [0.29, 0.717) is 24.5 Å². The van der Waals surface area contributed by atoms with Crippen molar-refractivity contribution in [2.75, 3.05) is 11.9 Å². The van der Waals surface area contributed by atoms with Crippen molar-refractivity contribution in [3.63, 3.8) is 0 Å². The third kappa shape index (κ3) is 2.32. The molecule has 1 aliphatic carbocycles. The Morgan fingerprint density at radius 2 is 2.14 bits per heavy atom. The zero-order valence-electron chi connectivity index (χ0n) is 12.2. The highest BCUT2D eigenvalue weighted by molar-refractivity contribution is 5.97. The number of carbonyl (C=O) groups excluding carboxylic acids is 1. The average molecular weight is 295 g/mol. The number of nitrogens with zero attached hydrogens (tertiary/aromatic N) is 2. The second-order valence-corrected chi connectivity index (χ2v) is 5.70. The minimum atomic E-state index is 0.141. The quantitative estimate of drug-likeness (QED) is 0.923. The Kier molecular flexibility index (Phi) is 3.25. The van der Waals surface area contributed by atoms with Gasteiger partial charge in [0.25, 0.3) is 0 Å². The molecule has 0 unspecified atom stereocenters. The van der Waals surface area contributed by atoms with E-state index < -0.39 is 0 Å². The van der Waals surface area contributed by atoms with Crippen molar-refractivity contribution in [2.24, 2.45) is 0 Å². The fourth-order valence-electron chi connectivity index (χ4n) is 3.11. The number of anilines is 1. The summed E-state index contributed by atoms with van der Waals surface area (Å²) in [6.45, 7) is 0.679. The number of rotatable bonds is 2. The van der Waals surface area contributed by atoms with Crippen molar-refractivity contribution in [3.8, 4) is 5.75 Å². The molecule has 2 heterocycles. The van der Waals surface area contributed by atoms with Crippen LogP contribution >= 0.6 is 0 Å². The van der Waals surface area contributed by atoms with Crippen LogP contribution in [0.2, 0.25) is 0 Å². The molecule has 0 amide bonds. The lowest BCUT2D eigenvalue weighted by Gasteiger charge is -2.27. The molecule has 1 aromatic carbocycles. The molecule has 5 heteroatoms. The van der Waals surface area contributed by atoms with Gasteiger partial charge in [-0.25, -0.2) is 9.97 Å². The molecule has 0 bridgehead atoms. The number of benzene rings is 1. The molecule has 1 N–H and O–H groups in total. The van der Waals surface area contributed by atoms with Gasteiger partial charge in [-0.05, 0) is 18.9 Å². The molecule has 0 saturated heterocycles. The molecule has 0 saturated carbocycles. The summed E-state index contributed by atoms with van der Waals surface area (Å²) in [7, 11) is 0. The highest BCUT2D eigenvalue weighted by Gasteiger charge is 2.23. The first-order valence-corrected chi connectivity index (χ1v) is 7.68. The molecule has 2 aliphatic rings. The number of hydrogen-bond donors (Lipinski definition) is 1. The summed E-state index contributed by atoms with van der Waals surface area (Å²) < 4.78 is 5.67. The average Bonchev–Trinajstić information content (AvgIpc) is 2.55. The lowest BCUT2D eigenvalue weighted by Crippen LogP contribution is -2.22. The molecule has 0 fully saturated rings. The standard InChI is InChI=1S/C17H17N3O2/c21-15-6-3-5-13-12(15)10-18-17(19-13)20-14-8-9-22-16-7-2-1-4-11(14)16/h1-2,4,7,10,14H,3,5-6,8-9H2,(H,18,19,20)/t14-/m0/s1. The molecule has 22 heavy (non-hydrogen) atoms. The minimum absolute atomic E-state index is 0.141. The van der Waals surface area contributed by atoms with Gasteiger partial charge in [0, 0.05) is 24.6 Å². The van der Waals surface area contributed by atoms with E-state index in [9.17, 15) is 4.79 Å². The summed E-state index contributed by atoms with van der Waals surface area (Å²) >= 11 is 0. The van der Waals surface area contributed by atoms with Crippen LogP contribution in [0.5, 0.6) is 5.75 Å². The second-order valence-electron chi connectivity index (χ2n) is 5.70. The monoisotopic (exact) mass is 295 g/mol. The van der Waals surface area contributed by atoms with Crippen LogP contribution in [0.4, 0.5) is 5.95 Å². The number of hydrogen-bond acceptors (Lipinski definition) is 5. The van der Waals surface area contributed by atoms with Crippen LogP contribution in [0.15, 0.2) is 30.5 Å². The third-order valence-electron chi connectivity index (χ3n) is 4.25. The molecule has 112 valence electrons. The van der Waals surface area contributed by atoms with Crippen molar-refractivity contribution in [2.45, 2.75) is 31.7 Å². The zero-order valence-corrected chi connectivity index (χ0v) is 12.2. The minimum Gasteiger partial charge on any atom is -0.493 e. The van der Waals surface area contributed by atoms with Crippen molar-refractivity contribution in [1.29, 1.82) is 0 Å². The molecular formula is C17H17N3O2. The van der Waals surface area contributed by atoms with Crippen LogP contribution < -0.4 is 10.1 Å². The number of carbonyl (C=O) groups is 1. The zero-order chi connectivity index (χ0) is 14.9. The van der Waals surface area contributed by atoms with E-state index in [-0.39, 0.29) is 11.8 Å². The first-order chi connectivity index (χ1) is 10.8. The van der Waals surface area contributed by atoms with Gasteiger partial charge in [0.15, 0.2) is 5.78 Å². The number of para-hydroxylation sites is 1. The number of ether oxygens (including phenoxy) is 1. The van der Waals surface area contributed by atoms with Crippen molar-refractivity contribution in [1.82, 2.24) is 9.97 Å². The summed E-state index contributed by atoms with van der Waals surface area (Å²) in [6, 6.07) is 8.17. The Morgan fingerprint density at radius 3 is 3.09 bits per heavy atom. The molecule has 2 aromatic rings. The van der Waals surface area contributed by atoms with E-state index in [0.717, 1.165) is 36.3 Å². The smallest absolute Gasteiger partial charge is 0.223 e. The van der Waals surface area contributed by atoms with Gasteiger partial charge in [-0.2, -0.15) is 0 Å². The number of aryl methyl sites for hydroxylation is 1. The predicted molar refractivity (Wildman–Crippen MR) is 82.2 cm³/mol. The number of nitrogens with one attached hydrogen (secondary N) is 1. The fourth-order valence-corrected chi connectivity index (χ4v) is 3.11. The topological polar surface area (TPSA) is 64.1 Å². The van der Waals surface area contributed by atoms with E-state index in [1.807, 2.05) is 18.2 Å². The molecule has 1 atom stereocenters. The lowest BCUT2D eigenvalue weighted by molar-refractivity contribution is 0.0971. The van der Waals surface area contributed by atoms with Gasteiger partial charge in [-0.1, -0.05) is 18.2 Å². The van der Waals surface area contributed by atoms with E-state index in [2.05, 4.69) is 21.4 Å². The maximum absolute atomic E-state index is 11.8. The van der Waals surface area contributed by atoms with E-state index >= 15 is 0 Å². The number of Topliss-reactive ketones (excluding diaryl/α,β-unsaturated/α-hetero) is 1. The summed E-state index contributed by atoms with van der Waals surface area (Å²) in [6.07, 6.45) is 4.87. The van der Waals surface area contributed by atoms with Gasteiger partial charge in [0.05, 0.1) is 23.9 Å². The van der Waals surface area contributed by atoms with Crippen LogP contribution in [-0.2, 0) is 6.42 Å². The van der Waals surface area contributed by atoms with Crippen LogP contribution in [0.1, 0.15) is 46.9 Å². The Bertz CT molecular complexity index is 730. The van der Waals surface area contributed by atoms with Crippen molar-refractivity contribution in [3.05, 3.63) is 47.3 Å². The van der Waals surface area contributed by atoms with E-state index in [4.69, 9.17) is 4.74 Å². The number of fused-ring (bicyclic) bond motifs is 2. The van der Waals surface area contributed by atoms with Crippen LogP contribution in [0.25, 0.3) is 0 Å². The molecule has 0 radical (unpaired) electrons. The Balaban J connectivity index is 1.61. The second kappa shape index (κ2) is 5.40. The summed E-state index contributed by atoms with van der Waals surface area (Å²) in [5.74, 6) is 1.67. The maximum atomic E-state index is 11.8. The first-order valence-electron chi connectivity index (χ1n) is 7.68. The van der Waals surface area contributed by atoms with E-state index in [1.165, 1.54) is 0 Å². The van der Waals surface area contributed by atoms with Gasteiger partial charge in [0.1, 0.15) is 5.75 Å². The van der Waals surface area contributed by atoms with Crippen molar-refractivity contribution < 1.29 is 9.53 Å². The van der Waals surface area contributed by atoms with Gasteiger partial charge in [0.2, 0.25) is 5.95 Å². The van der Waals surface area contributed by atoms with Gasteiger partial charge in [-0.15, -0.1) is 0 Å². The molecule has 1 aliphatic heterocycles. The van der Waals surface area contributed by atoms with Crippen LogP contribution in [0, 0.1) is 0 Å². The van der Waals surface area contributed by atoms with Crippen molar-refractivity contribution >= 4 is 11.7 Å². The Labute approximate surface area is 128 Å². The normalized spacial score (nSPS) is 19.8. The van der Waals surface area contributed by atoms with Gasteiger partial charge in [-0.3, -0.25) is 4.79 Å². The highest BCUT2D eigenvalue weighted by Crippen LogP contribution is 2.33. The van der Waals surface area contributed by atoms with Gasteiger partial charge >= 0.3 is 0 Å². The first kappa shape index (κ1) is 13.2. The number of ketones is 1. The van der Waals surface area contributed by atoms with Crippen LogP contribution in [-0.4, -0.2) is 22.4 Å². The molecule has 4 rings (SSSR count). The molecule has 1 aromatic heterocycles. The lowest BCUT2D eigenvalue weighted by atomic mass is 9.96. The highest BCUT2D eigenvalue weighted by atomic mass is 16.5. The number of aromatic nitrogens is 2. The summed E-state index contributed by atoms with van der Waals surface area (Å²) in [5, 5.41) is 3.39. The molecular weight excluding hydrogens is 278 g/mol. The largest absolute Gasteiger partial charge is 0.493 e. The third-order valence-corrected chi connectivity index (χ3v) is 4.25. The molecule has 5 nitrogen and oxygen atoms in total. The predicted octanol–water partition coefficient (Wildman–Crippen LogP) is 2.93. The van der Waals surface area contributed by atoms with E-state index in [1.54, 1.807) is 6.20 Å². The SMILES string of the molecule is O=C1CCCc2nc(N[C@H]3CCOc4ccccc43)ncc21. The molecule has 0 spiro atoms. The van der Waals surface area contributed by atoms with Gasteiger partial charge < -0.3 is 10.1 Å². The fraction of sp³-hybridized carbons (Fsp3) is 0.353. The Hall–Kier alpha value is -2.43.